The predicted molar refractivity (Wildman–Crippen MR) is 71.0 cm³/mol. The first-order chi connectivity index (χ1) is 8.61. The molecule has 0 aliphatic carbocycles. The zero-order valence-corrected chi connectivity index (χ0v) is 11.5. The molecular formula is C12H11ClN2O2S. The van der Waals surface area contributed by atoms with Crippen molar-refractivity contribution in [3.63, 3.8) is 0 Å². The molecule has 2 heterocycles. The Morgan fingerprint density at radius 3 is 2.89 bits per heavy atom. The van der Waals surface area contributed by atoms with Crippen molar-refractivity contribution in [2.45, 2.75) is 13.8 Å². The fourth-order valence-electron chi connectivity index (χ4n) is 1.41. The van der Waals surface area contributed by atoms with Gasteiger partial charge in [-0.1, -0.05) is 11.6 Å². The first-order valence-electron chi connectivity index (χ1n) is 5.38. The fourth-order valence-corrected chi connectivity index (χ4v) is 2.47. The quantitative estimate of drug-likeness (QED) is 0.640. The van der Waals surface area contributed by atoms with Gasteiger partial charge in [-0.05, 0) is 26.0 Å². The van der Waals surface area contributed by atoms with E-state index < -0.39 is 0 Å². The Hall–Kier alpha value is -1.46. The van der Waals surface area contributed by atoms with Gasteiger partial charge in [0.1, 0.15) is 15.0 Å². The van der Waals surface area contributed by atoms with Gasteiger partial charge in [0.15, 0.2) is 0 Å². The summed E-state index contributed by atoms with van der Waals surface area (Å²) in [5.41, 5.74) is 1.51. The molecule has 0 unspecified atom stereocenters. The number of esters is 1. The van der Waals surface area contributed by atoms with Gasteiger partial charge in [-0.25, -0.2) is 14.8 Å². The zero-order valence-electron chi connectivity index (χ0n) is 9.94. The van der Waals surface area contributed by atoms with Crippen LogP contribution in [-0.4, -0.2) is 22.5 Å². The lowest BCUT2D eigenvalue weighted by molar-refractivity contribution is 0.0531. The van der Waals surface area contributed by atoms with Crippen molar-refractivity contribution in [1.29, 1.82) is 0 Å². The number of ether oxygens (including phenoxy) is 1. The van der Waals surface area contributed by atoms with Crippen LogP contribution in [0.4, 0.5) is 0 Å². The van der Waals surface area contributed by atoms with Crippen molar-refractivity contribution >= 4 is 28.9 Å². The van der Waals surface area contributed by atoms with Crippen molar-refractivity contribution in [1.82, 2.24) is 9.97 Å². The molecule has 2 rings (SSSR count). The number of aromatic nitrogens is 2. The van der Waals surface area contributed by atoms with E-state index in [2.05, 4.69) is 9.97 Å². The van der Waals surface area contributed by atoms with E-state index in [9.17, 15) is 4.79 Å². The van der Waals surface area contributed by atoms with E-state index in [1.54, 1.807) is 26.1 Å². The molecule has 0 aliphatic heterocycles. The van der Waals surface area contributed by atoms with Gasteiger partial charge in [-0.15, -0.1) is 11.3 Å². The number of thiazole rings is 1. The molecule has 6 heteroatoms. The summed E-state index contributed by atoms with van der Waals surface area (Å²) in [6, 6.07) is 3.51. The highest BCUT2D eigenvalue weighted by atomic mass is 35.5. The number of carbonyl (C=O) groups is 1. The third kappa shape index (κ3) is 2.68. The Morgan fingerprint density at radius 1 is 1.50 bits per heavy atom. The molecule has 0 spiro atoms. The molecule has 0 saturated carbocycles. The van der Waals surface area contributed by atoms with Crippen molar-refractivity contribution in [3.8, 4) is 10.6 Å². The lowest BCUT2D eigenvalue weighted by Gasteiger charge is -1.97. The second kappa shape index (κ2) is 5.46. The molecule has 0 atom stereocenters. The lowest BCUT2D eigenvalue weighted by Crippen LogP contribution is -2.03. The normalized spacial score (nSPS) is 10.4. The molecule has 0 bridgehead atoms. The summed E-state index contributed by atoms with van der Waals surface area (Å²) in [5, 5.41) is 1.16. The first-order valence-corrected chi connectivity index (χ1v) is 6.57. The summed E-state index contributed by atoms with van der Waals surface area (Å²) in [4.78, 5) is 20.5. The maximum absolute atomic E-state index is 11.7. The molecule has 2 aromatic rings. The number of halogens is 1. The standard InChI is InChI=1S/C12H11ClN2O2S/c1-3-17-12(16)10-7(2)15-11(18-10)8-4-5-9(13)14-6-8/h4-6H,3H2,1-2H3. The Bertz CT molecular complexity index is 566. The van der Waals surface area contributed by atoms with Gasteiger partial charge < -0.3 is 4.74 Å². The lowest BCUT2D eigenvalue weighted by atomic mass is 10.3. The summed E-state index contributed by atoms with van der Waals surface area (Å²) in [7, 11) is 0. The Kier molecular flexibility index (Phi) is 3.93. The zero-order chi connectivity index (χ0) is 13.1. The van der Waals surface area contributed by atoms with Crippen LogP contribution in [0.5, 0.6) is 0 Å². The Morgan fingerprint density at radius 2 is 2.28 bits per heavy atom. The van der Waals surface area contributed by atoms with Crippen molar-refractivity contribution < 1.29 is 9.53 Å². The van der Waals surface area contributed by atoms with E-state index in [1.165, 1.54) is 11.3 Å². The number of nitrogens with zero attached hydrogens (tertiary/aromatic N) is 2. The van der Waals surface area contributed by atoms with Crippen LogP contribution in [0.2, 0.25) is 5.15 Å². The van der Waals surface area contributed by atoms with Crippen LogP contribution < -0.4 is 0 Å². The molecular weight excluding hydrogens is 272 g/mol. The molecule has 0 aliphatic rings. The number of carbonyl (C=O) groups excluding carboxylic acids is 1. The van der Waals surface area contributed by atoms with Gasteiger partial charge in [-0.3, -0.25) is 0 Å². The van der Waals surface area contributed by atoms with E-state index in [0.29, 0.717) is 22.3 Å². The highest BCUT2D eigenvalue weighted by molar-refractivity contribution is 7.17. The Balaban J connectivity index is 2.34. The number of rotatable bonds is 3. The molecule has 0 fully saturated rings. The van der Waals surface area contributed by atoms with E-state index >= 15 is 0 Å². The summed E-state index contributed by atoms with van der Waals surface area (Å²) in [5.74, 6) is -0.333. The van der Waals surface area contributed by atoms with Crippen LogP contribution >= 0.6 is 22.9 Å². The van der Waals surface area contributed by atoms with E-state index in [0.717, 1.165) is 10.6 Å². The van der Waals surface area contributed by atoms with E-state index in [4.69, 9.17) is 16.3 Å². The number of aryl methyl sites for hydroxylation is 1. The second-order valence-corrected chi connectivity index (χ2v) is 4.91. The number of hydrogen-bond donors (Lipinski definition) is 0. The average Bonchev–Trinajstić information content (AvgIpc) is 2.72. The molecule has 94 valence electrons. The van der Waals surface area contributed by atoms with Gasteiger partial charge >= 0.3 is 5.97 Å². The van der Waals surface area contributed by atoms with Crippen LogP contribution in [-0.2, 0) is 4.74 Å². The number of pyridine rings is 1. The maximum Gasteiger partial charge on any atom is 0.350 e. The van der Waals surface area contributed by atoms with E-state index in [-0.39, 0.29) is 5.97 Å². The van der Waals surface area contributed by atoms with Crippen LogP contribution in [0.1, 0.15) is 22.3 Å². The molecule has 2 aromatic heterocycles. The summed E-state index contributed by atoms with van der Waals surface area (Å²) < 4.78 is 4.97. The predicted octanol–water partition coefficient (Wildman–Crippen LogP) is 3.34. The molecule has 0 amide bonds. The van der Waals surface area contributed by atoms with Crippen LogP contribution in [0.3, 0.4) is 0 Å². The van der Waals surface area contributed by atoms with Gasteiger partial charge in [0.2, 0.25) is 0 Å². The SMILES string of the molecule is CCOC(=O)c1sc(-c2ccc(Cl)nc2)nc1C. The molecule has 0 saturated heterocycles. The largest absolute Gasteiger partial charge is 0.462 e. The van der Waals surface area contributed by atoms with Gasteiger partial charge in [0.05, 0.1) is 12.3 Å². The topological polar surface area (TPSA) is 52.1 Å². The summed E-state index contributed by atoms with van der Waals surface area (Å²) in [6.45, 7) is 3.92. The molecule has 4 nitrogen and oxygen atoms in total. The molecule has 0 aromatic carbocycles. The van der Waals surface area contributed by atoms with Gasteiger partial charge in [-0.2, -0.15) is 0 Å². The minimum atomic E-state index is -0.333. The Labute approximate surface area is 114 Å². The number of hydrogen-bond acceptors (Lipinski definition) is 5. The third-order valence-electron chi connectivity index (χ3n) is 2.23. The van der Waals surface area contributed by atoms with Gasteiger partial charge in [0, 0.05) is 11.8 Å². The molecule has 0 N–H and O–H groups in total. The molecule has 0 radical (unpaired) electrons. The van der Waals surface area contributed by atoms with Crippen molar-refractivity contribution in [2.24, 2.45) is 0 Å². The van der Waals surface area contributed by atoms with Gasteiger partial charge in [0.25, 0.3) is 0 Å². The minimum absolute atomic E-state index is 0.333. The first kappa shape index (κ1) is 13.0. The molecule has 18 heavy (non-hydrogen) atoms. The third-order valence-corrected chi connectivity index (χ3v) is 3.64. The van der Waals surface area contributed by atoms with Crippen LogP contribution in [0, 0.1) is 6.92 Å². The summed E-state index contributed by atoms with van der Waals surface area (Å²) >= 11 is 7.02. The van der Waals surface area contributed by atoms with E-state index in [1.807, 2.05) is 6.07 Å². The van der Waals surface area contributed by atoms with Crippen molar-refractivity contribution in [3.05, 3.63) is 34.1 Å². The summed E-state index contributed by atoms with van der Waals surface area (Å²) in [6.07, 6.45) is 1.63. The maximum atomic E-state index is 11.7. The smallest absolute Gasteiger partial charge is 0.350 e. The van der Waals surface area contributed by atoms with Crippen LogP contribution in [0.15, 0.2) is 18.3 Å². The monoisotopic (exact) mass is 282 g/mol. The average molecular weight is 283 g/mol. The van der Waals surface area contributed by atoms with Crippen molar-refractivity contribution in [2.75, 3.05) is 6.61 Å². The minimum Gasteiger partial charge on any atom is -0.462 e. The van der Waals surface area contributed by atoms with Crippen LogP contribution in [0.25, 0.3) is 10.6 Å². The highest BCUT2D eigenvalue weighted by Crippen LogP contribution is 2.28. The highest BCUT2D eigenvalue weighted by Gasteiger charge is 2.17. The second-order valence-electron chi connectivity index (χ2n) is 3.52. The fraction of sp³-hybridized carbons (Fsp3) is 0.250.